The van der Waals surface area contributed by atoms with E-state index in [4.69, 9.17) is 0 Å². The molecule has 2 aromatic carbocycles. The second-order valence-electron chi connectivity index (χ2n) is 5.04. The number of nitrogens with one attached hydrogen (secondary N) is 2. The summed E-state index contributed by atoms with van der Waals surface area (Å²) in [4.78, 5) is 24.2. The second kappa shape index (κ2) is 7.10. The minimum absolute atomic E-state index is 0.186. The van der Waals surface area contributed by atoms with Gasteiger partial charge in [0.05, 0.1) is 11.9 Å². The van der Waals surface area contributed by atoms with Crippen molar-refractivity contribution in [2.75, 3.05) is 5.32 Å². The highest BCUT2D eigenvalue weighted by Gasteiger charge is 2.17. The lowest BCUT2D eigenvalue weighted by molar-refractivity contribution is 0.0967. The Morgan fingerprint density at radius 2 is 1.64 bits per heavy atom. The fourth-order valence-electron chi connectivity index (χ4n) is 2.22. The summed E-state index contributed by atoms with van der Waals surface area (Å²) < 4.78 is 1.42. The first-order valence-electron chi connectivity index (χ1n) is 7.40. The molecule has 3 aromatic rings. The van der Waals surface area contributed by atoms with E-state index in [1.807, 2.05) is 24.3 Å². The highest BCUT2D eigenvalue weighted by Crippen LogP contribution is 2.19. The van der Waals surface area contributed by atoms with Crippen LogP contribution in [0.5, 0.6) is 0 Å². The maximum Gasteiger partial charge on any atom is 0.327 e. The third-order valence-electron chi connectivity index (χ3n) is 3.39. The van der Waals surface area contributed by atoms with Gasteiger partial charge in [-0.15, -0.1) is 0 Å². The van der Waals surface area contributed by atoms with E-state index in [-0.39, 0.29) is 11.4 Å². The van der Waals surface area contributed by atoms with Crippen LogP contribution in [0.3, 0.4) is 0 Å². The number of nitriles is 1. The molecular weight excluding hydrogens is 318 g/mol. The molecule has 25 heavy (non-hydrogen) atoms. The molecule has 0 radical (unpaired) electrons. The number of hydrogen-bond acceptors (Lipinski definition) is 4. The van der Waals surface area contributed by atoms with Gasteiger partial charge >= 0.3 is 6.03 Å². The molecule has 2 N–H and O–H groups in total. The summed E-state index contributed by atoms with van der Waals surface area (Å²) >= 11 is 0. The fraction of sp³-hybridized carbons (Fsp3) is 0. The normalized spacial score (nSPS) is 9.88. The van der Waals surface area contributed by atoms with Crippen LogP contribution in [0.15, 0.2) is 66.9 Å². The van der Waals surface area contributed by atoms with Crippen molar-refractivity contribution in [1.82, 2.24) is 15.1 Å². The molecule has 0 unspecified atom stereocenters. The molecular formula is C18H13N5O2. The lowest BCUT2D eigenvalue weighted by atomic mass is 10.2. The predicted octanol–water partition coefficient (Wildman–Crippen LogP) is 2.71. The van der Waals surface area contributed by atoms with Crippen LogP contribution >= 0.6 is 0 Å². The van der Waals surface area contributed by atoms with Gasteiger partial charge in [0.25, 0.3) is 5.91 Å². The van der Waals surface area contributed by atoms with Crippen molar-refractivity contribution >= 4 is 17.8 Å². The van der Waals surface area contributed by atoms with Gasteiger partial charge in [0.15, 0.2) is 5.82 Å². The lowest BCUT2D eigenvalue weighted by Gasteiger charge is -2.10. The first kappa shape index (κ1) is 16.0. The number of imide groups is 1. The van der Waals surface area contributed by atoms with Gasteiger partial charge in [0.1, 0.15) is 11.6 Å². The first-order valence-corrected chi connectivity index (χ1v) is 7.40. The summed E-state index contributed by atoms with van der Waals surface area (Å²) in [6, 6.07) is 18.6. The molecule has 0 aliphatic heterocycles. The minimum Gasteiger partial charge on any atom is -0.291 e. The second-order valence-corrected chi connectivity index (χ2v) is 5.04. The van der Waals surface area contributed by atoms with E-state index in [9.17, 15) is 14.9 Å². The van der Waals surface area contributed by atoms with Crippen LogP contribution in [0.1, 0.15) is 15.9 Å². The zero-order valence-electron chi connectivity index (χ0n) is 13.0. The number of hydrogen-bond donors (Lipinski definition) is 2. The zero-order valence-corrected chi connectivity index (χ0v) is 13.0. The highest BCUT2D eigenvalue weighted by molar-refractivity contribution is 6.08. The zero-order chi connectivity index (χ0) is 17.6. The molecule has 7 nitrogen and oxygen atoms in total. The van der Waals surface area contributed by atoms with Gasteiger partial charge < -0.3 is 0 Å². The maximum atomic E-state index is 12.2. The largest absolute Gasteiger partial charge is 0.327 e. The third-order valence-corrected chi connectivity index (χ3v) is 3.39. The Hall–Kier alpha value is -3.92. The Morgan fingerprint density at radius 1 is 1.00 bits per heavy atom. The van der Waals surface area contributed by atoms with E-state index in [1.165, 1.54) is 10.9 Å². The summed E-state index contributed by atoms with van der Waals surface area (Å²) in [5.74, 6) is -0.352. The van der Waals surface area contributed by atoms with E-state index in [2.05, 4.69) is 15.7 Å². The number of carbonyl (C=O) groups is 2. The summed E-state index contributed by atoms with van der Waals surface area (Å²) in [6.07, 6.45) is 1.35. The number of amides is 3. The quantitative estimate of drug-likeness (QED) is 0.770. The van der Waals surface area contributed by atoms with Crippen LogP contribution in [-0.2, 0) is 0 Å². The van der Waals surface area contributed by atoms with Crippen LogP contribution in [0.25, 0.3) is 5.69 Å². The molecule has 0 spiro atoms. The third kappa shape index (κ3) is 3.54. The number of urea groups is 1. The molecule has 0 aliphatic carbocycles. The Bertz CT molecular complexity index is 943. The van der Waals surface area contributed by atoms with E-state index < -0.39 is 11.9 Å². The standard InChI is InChI=1S/C18H13N5O2/c19-11-14-12-20-23(15-9-5-2-6-10-15)16(14)21-18(25)22-17(24)13-7-3-1-4-8-13/h1-10,12H,(H2,21,22,24,25). The predicted molar refractivity (Wildman–Crippen MR) is 91.2 cm³/mol. The summed E-state index contributed by atoms with van der Waals surface area (Å²) in [5.41, 5.74) is 1.22. The molecule has 0 saturated heterocycles. The summed E-state index contributed by atoms with van der Waals surface area (Å²) in [6.45, 7) is 0. The maximum absolute atomic E-state index is 12.2. The van der Waals surface area contributed by atoms with Gasteiger partial charge in [-0.2, -0.15) is 10.4 Å². The molecule has 3 rings (SSSR count). The molecule has 122 valence electrons. The van der Waals surface area contributed by atoms with Crippen molar-refractivity contribution in [3.63, 3.8) is 0 Å². The summed E-state index contributed by atoms with van der Waals surface area (Å²) in [7, 11) is 0. The van der Waals surface area contributed by atoms with Crippen molar-refractivity contribution in [3.8, 4) is 11.8 Å². The monoisotopic (exact) mass is 331 g/mol. The number of aromatic nitrogens is 2. The SMILES string of the molecule is N#Cc1cnn(-c2ccccc2)c1NC(=O)NC(=O)c1ccccc1. The molecule has 0 aliphatic rings. The molecule has 0 bridgehead atoms. The summed E-state index contributed by atoms with van der Waals surface area (Å²) in [5, 5.41) is 18.1. The fourth-order valence-corrected chi connectivity index (χ4v) is 2.22. The van der Waals surface area contributed by atoms with Gasteiger partial charge in [0, 0.05) is 5.56 Å². The Labute approximate surface area is 143 Å². The number of anilines is 1. The average Bonchev–Trinajstić information content (AvgIpc) is 3.05. The molecule has 0 saturated carbocycles. The molecule has 3 amide bonds. The van der Waals surface area contributed by atoms with Gasteiger partial charge in [-0.1, -0.05) is 36.4 Å². The van der Waals surface area contributed by atoms with Crippen molar-refractivity contribution < 1.29 is 9.59 Å². The topological polar surface area (TPSA) is 99.8 Å². The molecule has 0 atom stereocenters. The van der Waals surface area contributed by atoms with E-state index in [1.54, 1.807) is 42.5 Å². The van der Waals surface area contributed by atoms with Gasteiger partial charge in [-0.05, 0) is 24.3 Å². The molecule has 7 heteroatoms. The van der Waals surface area contributed by atoms with E-state index in [0.29, 0.717) is 11.3 Å². The van der Waals surface area contributed by atoms with Crippen LogP contribution in [-0.4, -0.2) is 21.7 Å². The average molecular weight is 331 g/mol. The van der Waals surface area contributed by atoms with E-state index >= 15 is 0 Å². The number of para-hydroxylation sites is 1. The smallest absolute Gasteiger partial charge is 0.291 e. The van der Waals surface area contributed by atoms with Crippen molar-refractivity contribution in [1.29, 1.82) is 5.26 Å². The van der Waals surface area contributed by atoms with Gasteiger partial charge in [0.2, 0.25) is 0 Å². The highest BCUT2D eigenvalue weighted by atomic mass is 16.2. The van der Waals surface area contributed by atoms with Crippen LogP contribution in [0.4, 0.5) is 10.6 Å². The molecule has 1 heterocycles. The van der Waals surface area contributed by atoms with Crippen molar-refractivity contribution in [2.24, 2.45) is 0 Å². The van der Waals surface area contributed by atoms with Crippen LogP contribution < -0.4 is 10.6 Å². The van der Waals surface area contributed by atoms with Crippen molar-refractivity contribution in [3.05, 3.63) is 78.0 Å². The number of benzene rings is 2. The number of nitrogens with zero attached hydrogens (tertiary/aromatic N) is 3. The first-order chi connectivity index (χ1) is 12.2. The van der Waals surface area contributed by atoms with Crippen molar-refractivity contribution in [2.45, 2.75) is 0 Å². The lowest BCUT2D eigenvalue weighted by Crippen LogP contribution is -2.35. The van der Waals surface area contributed by atoms with Gasteiger partial charge in [-0.25, -0.2) is 9.48 Å². The minimum atomic E-state index is -0.747. The Morgan fingerprint density at radius 3 is 2.28 bits per heavy atom. The van der Waals surface area contributed by atoms with E-state index in [0.717, 1.165) is 0 Å². The Kier molecular flexibility index (Phi) is 4.53. The number of carbonyl (C=O) groups excluding carboxylic acids is 2. The van der Waals surface area contributed by atoms with Gasteiger partial charge in [-0.3, -0.25) is 15.4 Å². The van der Waals surface area contributed by atoms with Crippen LogP contribution in [0.2, 0.25) is 0 Å². The number of rotatable bonds is 3. The molecule has 1 aromatic heterocycles. The van der Waals surface area contributed by atoms with Crippen LogP contribution in [0, 0.1) is 11.3 Å². The molecule has 0 fully saturated rings. The Balaban J connectivity index is 1.81.